The van der Waals surface area contributed by atoms with Gasteiger partial charge in [-0.15, -0.1) is 10.2 Å². The van der Waals surface area contributed by atoms with E-state index in [0.717, 1.165) is 12.1 Å². The SMILES string of the molecule is CCc1cccc(NN2C3C(N)=NN2C3N)c1. The maximum absolute atomic E-state index is 5.87. The van der Waals surface area contributed by atoms with Crippen LogP contribution < -0.4 is 16.9 Å². The summed E-state index contributed by atoms with van der Waals surface area (Å²) >= 11 is 0. The highest BCUT2D eigenvalue weighted by Gasteiger charge is 2.53. The van der Waals surface area contributed by atoms with Gasteiger partial charge >= 0.3 is 0 Å². The van der Waals surface area contributed by atoms with Crippen LogP contribution in [0.5, 0.6) is 0 Å². The second-order valence-electron chi connectivity index (χ2n) is 4.29. The van der Waals surface area contributed by atoms with E-state index in [9.17, 15) is 0 Å². The fourth-order valence-electron chi connectivity index (χ4n) is 2.18. The number of aryl methyl sites for hydroxylation is 1. The molecule has 1 aromatic rings. The third-order valence-corrected chi connectivity index (χ3v) is 3.17. The van der Waals surface area contributed by atoms with Gasteiger partial charge in [-0.25, -0.2) is 0 Å². The summed E-state index contributed by atoms with van der Waals surface area (Å²) in [6.45, 7) is 2.13. The van der Waals surface area contributed by atoms with Crippen molar-refractivity contribution in [3.8, 4) is 0 Å². The smallest absolute Gasteiger partial charge is 0.147 e. The molecule has 0 saturated carbocycles. The molecule has 6 heteroatoms. The molecule has 0 aromatic heterocycles. The van der Waals surface area contributed by atoms with Gasteiger partial charge in [0.25, 0.3) is 0 Å². The number of nitrogens with two attached hydrogens (primary N) is 2. The second kappa shape index (κ2) is 3.61. The quantitative estimate of drug-likeness (QED) is 0.686. The number of benzene rings is 1. The van der Waals surface area contributed by atoms with Gasteiger partial charge in [0.2, 0.25) is 0 Å². The van der Waals surface area contributed by atoms with E-state index < -0.39 is 0 Å². The van der Waals surface area contributed by atoms with Crippen molar-refractivity contribution in [3.63, 3.8) is 0 Å². The van der Waals surface area contributed by atoms with E-state index in [2.05, 4.69) is 29.6 Å². The Hall–Kier alpha value is -1.79. The molecule has 1 aromatic carbocycles. The number of hydrazine groups is 2. The van der Waals surface area contributed by atoms with Crippen LogP contribution in [0, 0.1) is 0 Å². The van der Waals surface area contributed by atoms with E-state index in [-0.39, 0.29) is 12.2 Å². The van der Waals surface area contributed by atoms with Crippen LogP contribution in [0.4, 0.5) is 5.69 Å². The number of rotatable bonds is 3. The predicted octanol–water partition coefficient (Wildman–Crippen LogP) is 0.0477. The van der Waals surface area contributed by atoms with Gasteiger partial charge in [0, 0.05) is 0 Å². The Labute approximate surface area is 99.8 Å². The largest absolute Gasteiger partial charge is 0.384 e. The number of nitrogens with zero attached hydrogens (tertiary/aromatic N) is 3. The number of hydrogen-bond donors (Lipinski definition) is 3. The Kier molecular flexibility index (Phi) is 2.20. The van der Waals surface area contributed by atoms with Crippen molar-refractivity contribution in [3.05, 3.63) is 29.8 Å². The van der Waals surface area contributed by atoms with Crippen molar-refractivity contribution in [2.75, 3.05) is 5.43 Å². The summed E-state index contributed by atoms with van der Waals surface area (Å²) in [4.78, 5) is 0. The fraction of sp³-hybridized carbons (Fsp3) is 0.364. The Morgan fingerprint density at radius 2 is 2.29 bits per heavy atom. The van der Waals surface area contributed by atoms with E-state index in [1.807, 2.05) is 17.3 Å². The third kappa shape index (κ3) is 1.45. The normalized spacial score (nSPS) is 26.7. The van der Waals surface area contributed by atoms with Crippen LogP contribution in [0.25, 0.3) is 0 Å². The van der Waals surface area contributed by atoms with E-state index >= 15 is 0 Å². The van der Waals surface area contributed by atoms with E-state index in [1.165, 1.54) is 5.56 Å². The third-order valence-electron chi connectivity index (χ3n) is 3.17. The van der Waals surface area contributed by atoms with Gasteiger partial charge in [0.1, 0.15) is 18.0 Å². The number of amidine groups is 1. The molecule has 5 N–H and O–H groups in total. The zero-order valence-electron chi connectivity index (χ0n) is 9.67. The van der Waals surface area contributed by atoms with Gasteiger partial charge in [0.15, 0.2) is 0 Å². The van der Waals surface area contributed by atoms with Crippen LogP contribution in [-0.2, 0) is 6.42 Å². The number of anilines is 1. The van der Waals surface area contributed by atoms with Crippen molar-refractivity contribution in [2.24, 2.45) is 16.6 Å². The molecule has 0 aliphatic carbocycles. The molecule has 3 aliphatic rings. The summed E-state index contributed by atoms with van der Waals surface area (Å²) in [6.07, 6.45) is 0.887. The van der Waals surface area contributed by atoms with Crippen LogP contribution in [-0.4, -0.2) is 28.3 Å². The molecule has 0 spiro atoms. The summed E-state index contributed by atoms with van der Waals surface area (Å²) in [5.74, 6) is 0.566. The molecule has 90 valence electrons. The fourth-order valence-corrected chi connectivity index (χ4v) is 2.18. The van der Waals surface area contributed by atoms with Gasteiger partial charge < -0.3 is 11.5 Å². The average Bonchev–Trinajstić information content (AvgIpc) is 2.82. The number of hydrazone groups is 1. The van der Waals surface area contributed by atoms with Gasteiger partial charge in [-0.05, 0) is 24.1 Å². The highest BCUT2D eigenvalue weighted by atomic mass is 16.0. The monoisotopic (exact) mass is 232 g/mol. The lowest BCUT2D eigenvalue weighted by Gasteiger charge is -2.46. The molecule has 4 rings (SSSR count). The lowest BCUT2D eigenvalue weighted by Crippen LogP contribution is -2.72. The van der Waals surface area contributed by atoms with E-state index in [1.54, 1.807) is 5.12 Å². The highest BCUT2D eigenvalue weighted by Crippen LogP contribution is 2.30. The maximum Gasteiger partial charge on any atom is 0.147 e. The topological polar surface area (TPSA) is 82.9 Å². The molecule has 1 saturated heterocycles. The summed E-state index contributed by atoms with van der Waals surface area (Å²) < 4.78 is 0. The first-order valence-electron chi connectivity index (χ1n) is 5.74. The summed E-state index contributed by atoms with van der Waals surface area (Å²) in [6, 6.07) is 8.23. The van der Waals surface area contributed by atoms with Crippen molar-refractivity contribution in [2.45, 2.75) is 25.6 Å². The first-order chi connectivity index (χ1) is 8.20. The molecular weight excluding hydrogens is 216 g/mol. The van der Waals surface area contributed by atoms with Crippen LogP contribution in [0.3, 0.4) is 0 Å². The molecule has 2 atom stereocenters. The molecule has 2 bridgehead atoms. The minimum atomic E-state index is -0.128. The summed E-state index contributed by atoms with van der Waals surface area (Å²) in [7, 11) is 0. The Morgan fingerprint density at radius 1 is 1.47 bits per heavy atom. The molecule has 6 nitrogen and oxygen atoms in total. The molecule has 0 radical (unpaired) electrons. The molecule has 1 fully saturated rings. The first kappa shape index (κ1) is 10.4. The van der Waals surface area contributed by atoms with Crippen molar-refractivity contribution >= 4 is 11.5 Å². The van der Waals surface area contributed by atoms with E-state index in [0.29, 0.717) is 5.84 Å². The van der Waals surface area contributed by atoms with Crippen molar-refractivity contribution in [1.82, 2.24) is 10.2 Å². The molecule has 2 unspecified atom stereocenters. The minimum absolute atomic E-state index is 0.0275. The molecule has 0 amide bonds. The van der Waals surface area contributed by atoms with Crippen LogP contribution in [0.1, 0.15) is 12.5 Å². The second-order valence-corrected chi connectivity index (χ2v) is 4.29. The molecule has 3 aliphatic heterocycles. The molecular formula is C11H16N6. The lowest BCUT2D eigenvalue weighted by molar-refractivity contribution is -0.143. The Balaban J connectivity index is 1.73. The van der Waals surface area contributed by atoms with Crippen LogP contribution in [0.15, 0.2) is 29.4 Å². The highest BCUT2D eigenvalue weighted by molar-refractivity contribution is 5.89. The van der Waals surface area contributed by atoms with Gasteiger partial charge in [0.05, 0.1) is 5.69 Å². The summed E-state index contributed by atoms with van der Waals surface area (Å²) in [5, 5.41) is 7.65. The van der Waals surface area contributed by atoms with Gasteiger partial charge in [-0.1, -0.05) is 19.1 Å². The number of nitrogens with one attached hydrogen (secondary N) is 1. The number of hydrogen-bond acceptors (Lipinski definition) is 6. The van der Waals surface area contributed by atoms with Gasteiger partial charge in [-0.3, -0.25) is 5.43 Å². The van der Waals surface area contributed by atoms with Crippen molar-refractivity contribution < 1.29 is 0 Å². The Bertz CT molecular complexity index is 471. The zero-order chi connectivity index (χ0) is 12.0. The standard InChI is InChI=1S/C11H16N6/c1-2-7-4-3-5-8(6-7)14-16-9-10(12)15-17(16)11(9)13/h3-6,9,11,14H,2,13H2,1H3,(H2,12,15). The summed E-state index contributed by atoms with van der Waals surface area (Å²) in [5.41, 5.74) is 17.2. The maximum atomic E-state index is 5.87. The van der Waals surface area contributed by atoms with Crippen LogP contribution in [0.2, 0.25) is 0 Å². The molecule has 17 heavy (non-hydrogen) atoms. The minimum Gasteiger partial charge on any atom is -0.384 e. The van der Waals surface area contributed by atoms with Gasteiger partial charge in [-0.2, -0.15) is 5.12 Å². The average molecular weight is 232 g/mol. The zero-order valence-corrected chi connectivity index (χ0v) is 9.67. The van der Waals surface area contributed by atoms with E-state index in [4.69, 9.17) is 11.5 Å². The molecule has 3 heterocycles. The first-order valence-corrected chi connectivity index (χ1v) is 5.74. The van der Waals surface area contributed by atoms with Crippen molar-refractivity contribution in [1.29, 1.82) is 0 Å². The predicted molar refractivity (Wildman–Crippen MR) is 66.5 cm³/mol. The lowest BCUT2D eigenvalue weighted by atomic mass is 10.1. The van der Waals surface area contributed by atoms with Crippen LogP contribution >= 0.6 is 0 Å². The Morgan fingerprint density at radius 3 is 2.88 bits per heavy atom.